The minimum absolute atomic E-state index is 0.326. The molecule has 1 N–H and O–H groups in total. The Hall–Kier alpha value is -0.450. The van der Waals surface area contributed by atoms with Crippen LogP contribution in [0.5, 0.6) is 0 Å². The number of aliphatic hydroxyl groups is 1. The van der Waals surface area contributed by atoms with Crippen LogP contribution in [-0.4, -0.2) is 34.7 Å². The lowest BCUT2D eigenvalue weighted by molar-refractivity contribution is 0.220. The fourth-order valence-electron chi connectivity index (χ4n) is 2.00. The van der Waals surface area contributed by atoms with Gasteiger partial charge in [-0.2, -0.15) is 0 Å². The second-order valence-electron chi connectivity index (χ2n) is 4.32. The third-order valence-electron chi connectivity index (χ3n) is 3.06. The molecule has 1 aromatic rings. The van der Waals surface area contributed by atoms with E-state index in [4.69, 9.17) is 5.11 Å². The van der Waals surface area contributed by atoms with Gasteiger partial charge in [-0.25, -0.2) is 4.98 Å². The van der Waals surface area contributed by atoms with Crippen LogP contribution in [0.4, 0.5) is 0 Å². The molecule has 84 valence electrons. The van der Waals surface area contributed by atoms with Crippen molar-refractivity contribution in [1.82, 2.24) is 9.88 Å². The van der Waals surface area contributed by atoms with Crippen molar-refractivity contribution in [2.24, 2.45) is 5.92 Å². The lowest BCUT2D eigenvalue weighted by Gasteiger charge is -2.13. The smallest absolute Gasteiger partial charge is 0.107 e. The first-order chi connectivity index (χ1) is 7.19. The number of hydrogen-bond donors (Lipinski definition) is 1. The topological polar surface area (TPSA) is 36.4 Å². The number of aromatic nitrogens is 1. The van der Waals surface area contributed by atoms with Crippen LogP contribution in [-0.2, 0) is 6.54 Å². The van der Waals surface area contributed by atoms with E-state index in [9.17, 15) is 0 Å². The standard InChI is InChI=1S/C11H18N2OS/c1-8-9(2)15-11(12-8)6-13-4-3-10(5-13)7-14/h10,14H,3-7H2,1-2H3. The lowest BCUT2D eigenvalue weighted by atomic mass is 10.1. The zero-order valence-corrected chi connectivity index (χ0v) is 10.2. The van der Waals surface area contributed by atoms with E-state index >= 15 is 0 Å². The molecule has 0 amide bonds. The van der Waals surface area contributed by atoms with Gasteiger partial charge >= 0.3 is 0 Å². The minimum Gasteiger partial charge on any atom is -0.396 e. The molecule has 2 heterocycles. The Morgan fingerprint density at radius 2 is 2.33 bits per heavy atom. The molecule has 1 atom stereocenters. The van der Waals surface area contributed by atoms with Crippen LogP contribution in [0.25, 0.3) is 0 Å². The monoisotopic (exact) mass is 226 g/mol. The van der Waals surface area contributed by atoms with E-state index in [1.807, 2.05) is 0 Å². The zero-order valence-electron chi connectivity index (χ0n) is 9.36. The molecule has 3 nitrogen and oxygen atoms in total. The van der Waals surface area contributed by atoms with E-state index in [1.165, 1.54) is 9.88 Å². The van der Waals surface area contributed by atoms with Crippen molar-refractivity contribution < 1.29 is 5.11 Å². The Bertz CT molecular complexity index is 318. The quantitative estimate of drug-likeness (QED) is 0.850. The molecule has 2 rings (SSSR count). The summed E-state index contributed by atoms with van der Waals surface area (Å²) in [6, 6.07) is 0. The molecule has 1 aliphatic heterocycles. The fourth-order valence-corrected chi connectivity index (χ4v) is 2.98. The number of thiazole rings is 1. The first-order valence-electron chi connectivity index (χ1n) is 5.45. The Morgan fingerprint density at radius 3 is 2.87 bits per heavy atom. The second-order valence-corrected chi connectivity index (χ2v) is 5.61. The highest BCUT2D eigenvalue weighted by Crippen LogP contribution is 2.22. The summed E-state index contributed by atoms with van der Waals surface area (Å²) in [7, 11) is 0. The largest absolute Gasteiger partial charge is 0.396 e. The van der Waals surface area contributed by atoms with Crippen LogP contribution >= 0.6 is 11.3 Å². The molecule has 1 aliphatic rings. The second kappa shape index (κ2) is 4.60. The van der Waals surface area contributed by atoms with Crippen molar-refractivity contribution >= 4 is 11.3 Å². The predicted octanol–water partition coefficient (Wildman–Crippen LogP) is 1.57. The maximum atomic E-state index is 9.06. The number of hydrogen-bond acceptors (Lipinski definition) is 4. The predicted molar refractivity (Wildman–Crippen MR) is 62.1 cm³/mol. The van der Waals surface area contributed by atoms with Crippen molar-refractivity contribution in [2.45, 2.75) is 26.8 Å². The molecular weight excluding hydrogens is 208 g/mol. The zero-order chi connectivity index (χ0) is 10.8. The molecule has 0 radical (unpaired) electrons. The number of rotatable bonds is 3. The summed E-state index contributed by atoms with van der Waals surface area (Å²) < 4.78 is 0. The lowest BCUT2D eigenvalue weighted by Crippen LogP contribution is -2.20. The molecule has 1 fully saturated rings. The summed E-state index contributed by atoms with van der Waals surface area (Å²) >= 11 is 1.79. The summed E-state index contributed by atoms with van der Waals surface area (Å²) in [5, 5.41) is 10.3. The minimum atomic E-state index is 0.326. The van der Waals surface area contributed by atoms with Crippen molar-refractivity contribution in [2.75, 3.05) is 19.7 Å². The number of aryl methyl sites for hydroxylation is 2. The van der Waals surface area contributed by atoms with Crippen molar-refractivity contribution in [3.63, 3.8) is 0 Å². The Balaban J connectivity index is 1.92. The number of nitrogens with zero attached hydrogens (tertiary/aromatic N) is 2. The van der Waals surface area contributed by atoms with Gasteiger partial charge in [-0.1, -0.05) is 0 Å². The Kier molecular flexibility index (Phi) is 3.38. The average molecular weight is 226 g/mol. The highest BCUT2D eigenvalue weighted by molar-refractivity contribution is 7.11. The van der Waals surface area contributed by atoms with E-state index in [2.05, 4.69) is 23.7 Å². The first-order valence-corrected chi connectivity index (χ1v) is 6.27. The van der Waals surface area contributed by atoms with Crippen LogP contribution in [0, 0.1) is 19.8 Å². The van der Waals surface area contributed by atoms with Gasteiger partial charge in [0, 0.05) is 18.0 Å². The van der Waals surface area contributed by atoms with Crippen molar-refractivity contribution in [3.8, 4) is 0 Å². The molecule has 1 aromatic heterocycles. The highest BCUT2D eigenvalue weighted by atomic mass is 32.1. The third-order valence-corrected chi connectivity index (χ3v) is 4.12. The average Bonchev–Trinajstić information content (AvgIpc) is 2.76. The van der Waals surface area contributed by atoms with Crippen LogP contribution in [0.2, 0.25) is 0 Å². The highest BCUT2D eigenvalue weighted by Gasteiger charge is 2.22. The summed E-state index contributed by atoms with van der Waals surface area (Å²) in [6.07, 6.45) is 1.12. The molecule has 0 saturated carbocycles. The molecule has 15 heavy (non-hydrogen) atoms. The van der Waals surface area contributed by atoms with Gasteiger partial charge < -0.3 is 5.11 Å². The van der Waals surface area contributed by atoms with Crippen LogP contribution in [0.15, 0.2) is 0 Å². The van der Waals surface area contributed by atoms with Crippen LogP contribution in [0.3, 0.4) is 0 Å². The van der Waals surface area contributed by atoms with E-state index in [0.717, 1.165) is 31.7 Å². The fraction of sp³-hybridized carbons (Fsp3) is 0.727. The molecule has 4 heteroatoms. The van der Waals surface area contributed by atoms with Gasteiger partial charge in [-0.3, -0.25) is 4.90 Å². The van der Waals surface area contributed by atoms with Gasteiger partial charge in [0.25, 0.3) is 0 Å². The maximum absolute atomic E-state index is 9.06. The molecule has 0 spiro atoms. The normalized spacial score (nSPS) is 22.5. The summed E-state index contributed by atoms with van der Waals surface area (Å²) in [5.74, 6) is 0.479. The molecule has 1 unspecified atom stereocenters. The molecule has 0 bridgehead atoms. The molecular formula is C11H18N2OS. The summed E-state index contributed by atoms with van der Waals surface area (Å²) in [4.78, 5) is 8.25. The number of likely N-dealkylation sites (tertiary alicyclic amines) is 1. The molecule has 1 saturated heterocycles. The summed E-state index contributed by atoms with van der Waals surface area (Å²) in [5.41, 5.74) is 1.16. The third kappa shape index (κ3) is 2.56. The van der Waals surface area contributed by atoms with Crippen molar-refractivity contribution in [1.29, 1.82) is 0 Å². The van der Waals surface area contributed by atoms with Gasteiger partial charge in [0.05, 0.1) is 12.2 Å². The molecule has 0 aliphatic carbocycles. The first kappa shape index (κ1) is 11.0. The molecule has 0 aromatic carbocycles. The Morgan fingerprint density at radius 1 is 1.53 bits per heavy atom. The van der Waals surface area contributed by atoms with Gasteiger partial charge in [-0.05, 0) is 32.7 Å². The van der Waals surface area contributed by atoms with Crippen LogP contribution in [0.1, 0.15) is 22.0 Å². The van der Waals surface area contributed by atoms with Crippen molar-refractivity contribution in [3.05, 3.63) is 15.6 Å². The van der Waals surface area contributed by atoms with Gasteiger partial charge in [0.15, 0.2) is 0 Å². The Labute approximate surface area is 94.8 Å². The van der Waals surface area contributed by atoms with E-state index < -0.39 is 0 Å². The maximum Gasteiger partial charge on any atom is 0.107 e. The van der Waals surface area contributed by atoms with Gasteiger partial charge in [0.1, 0.15) is 5.01 Å². The van der Waals surface area contributed by atoms with E-state index in [1.54, 1.807) is 11.3 Å². The number of aliphatic hydroxyl groups excluding tert-OH is 1. The van der Waals surface area contributed by atoms with E-state index in [-0.39, 0.29) is 0 Å². The van der Waals surface area contributed by atoms with Gasteiger partial charge in [0.2, 0.25) is 0 Å². The van der Waals surface area contributed by atoms with E-state index in [0.29, 0.717) is 12.5 Å². The summed E-state index contributed by atoms with van der Waals surface area (Å²) in [6.45, 7) is 7.59. The van der Waals surface area contributed by atoms with Crippen LogP contribution < -0.4 is 0 Å². The SMILES string of the molecule is Cc1nc(CN2CCC(CO)C2)sc1C. The van der Waals surface area contributed by atoms with Gasteiger partial charge in [-0.15, -0.1) is 11.3 Å².